The van der Waals surface area contributed by atoms with Crippen molar-refractivity contribution in [1.29, 1.82) is 0 Å². The van der Waals surface area contributed by atoms with E-state index in [2.05, 4.69) is 4.99 Å². The van der Waals surface area contributed by atoms with Crippen LogP contribution in [0, 0.1) is 0 Å². The van der Waals surface area contributed by atoms with Crippen molar-refractivity contribution in [3.63, 3.8) is 0 Å². The lowest BCUT2D eigenvalue weighted by molar-refractivity contribution is 0.392. The summed E-state index contributed by atoms with van der Waals surface area (Å²) >= 11 is 0. The maximum Gasteiger partial charge on any atom is 0.128 e. The molecule has 3 nitrogen and oxygen atoms in total. The molecule has 1 heterocycles. The summed E-state index contributed by atoms with van der Waals surface area (Å²) in [6.07, 6.45) is 2.73. The molecule has 0 aliphatic carbocycles. The zero-order valence-electron chi connectivity index (χ0n) is 7.70. The van der Waals surface area contributed by atoms with Gasteiger partial charge in [0.25, 0.3) is 0 Å². The van der Waals surface area contributed by atoms with Crippen LogP contribution in [0.2, 0.25) is 0 Å². The average Bonchev–Trinajstić information content (AvgIpc) is 2.63. The Morgan fingerprint density at radius 3 is 2.77 bits per heavy atom. The molecule has 1 aromatic rings. The Hall–Kier alpha value is -1.51. The number of aliphatic imine (C=N–C) groups is 1. The summed E-state index contributed by atoms with van der Waals surface area (Å²) in [4.78, 5) is 4.23. The molecule has 13 heavy (non-hydrogen) atoms. The molecule has 0 unspecified atom stereocenters. The third-order valence-electron chi connectivity index (χ3n) is 2.14. The van der Waals surface area contributed by atoms with Gasteiger partial charge in [0.15, 0.2) is 0 Å². The highest BCUT2D eigenvalue weighted by Crippen LogP contribution is 2.36. The number of ether oxygens (including phenoxy) is 2. The quantitative estimate of drug-likeness (QED) is 0.691. The van der Waals surface area contributed by atoms with E-state index in [1.54, 1.807) is 14.2 Å². The van der Waals surface area contributed by atoms with Gasteiger partial charge in [-0.15, -0.1) is 0 Å². The minimum Gasteiger partial charge on any atom is -0.497 e. The first-order chi connectivity index (χ1) is 6.35. The highest BCUT2D eigenvalue weighted by atomic mass is 16.5. The predicted octanol–water partition coefficient (Wildman–Crippen LogP) is 1.96. The Morgan fingerprint density at radius 2 is 2.08 bits per heavy atom. The first-order valence-electron chi connectivity index (χ1n) is 4.12. The minimum atomic E-state index is 0.787. The molecule has 0 saturated carbocycles. The minimum absolute atomic E-state index is 0.787. The molecule has 1 aliphatic rings. The van der Waals surface area contributed by atoms with Gasteiger partial charge in [-0.2, -0.15) is 0 Å². The average molecular weight is 177 g/mol. The molecular weight excluding hydrogens is 166 g/mol. The second-order valence-corrected chi connectivity index (χ2v) is 2.84. The maximum atomic E-state index is 5.24. The van der Waals surface area contributed by atoms with Crippen LogP contribution in [0.4, 0.5) is 5.69 Å². The molecule has 0 fully saturated rings. The molecule has 0 radical (unpaired) electrons. The van der Waals surface area contributed by atoms with E-state index in [0.29, 0.717) is 0 Å². The van der Waals surface area contributed by atoms with Crippen LogP contribution < -0.4 is 9.47 Å². The zero-order chi connectivity index (χ0) is 9.26. The van der Waals surface area contributed by atoms with E-state index in [9.17, 15) is 0 Å². The van der Waals surface area contributed by atoms with Crippen LogP contribution in [0.25, 0.3) is 0 Å². The first-order valence-corrected chi connectivity index (χ1v) is 4.12. The summed E-state index contributed by atoms with van der Waals surface area (Å²) in [6, 6.07) is 3.80. The van der Waals surface area contributed by atoms with Crippen LogP contribution in [0.3, 0.4) is 0 Å². The number of rotatable bonds is 2. The van der Waals surface area contributed by atoms with Crippen LogP contribution >= 0.6 is 0 Å². The second-order valence-electron chi connectivity index (χ2n) is 2.84. The number of hydrogen-bond donors (Lipinski definition) is 0. The molecule has 0 amide bonds. The number of hydrogen-bond acceptors (Lipinski definition) is 3. The molecule has 0 aromatic heterocycles. The lowest BCUT2D eigenvalue weighted by Crippen LogP contribution is -1.91. The summed E-state index contributed by atoms with van der Waals surface area (Å²) in [7, 11) is 3.30. The second kappa shape index (κ2) is 3.09. The van der Waals surface area contributed by atoms with Gasteiger partial charge in [-0.3, -0.25) is 4.99 Å². The molecule has 1 aromatic carbocycles. The van der Waals surface area contributed by atoms with Gasteiger partial charge in [0, 0.05) is 30.3 Å². The highest BCUT2D eigenvalue weighted by molar-refractivity contribution is 5.79. The number of benzene rings is 1. The van der Waals surface area contributed by atoms with Gasteiger partial charge in [0.1, 0.15) is 11.5 Å². The van der Waals surface area contributed by atoms with Crippen molar-refractivity contribution in [3.05, 3.63) is 17.7 Å². The normalized spacial score (nSPS) is 12.8. The third-order valence-corrected chi connectivity index (χ3v) is 2.14. The molecule has 0 spiro atoms. The van der Waals surface area contributed by atoms with E-state index in [4.69, 9.17) is 9.47 Å². The monoisotopic (exact) mass is 177 g/mol. The Bertz CT molecular complexity index is 358. The van der Waals surface area contributed by atoms with E-state index < -0.39 is 0 Å². The van der Waals surface area contributed by atoms with E-state index >= 15 is 0 Å². The molecule has 68 valence electrons. The first kappa shape index (κ1) is 8.10. The van der Waals surface area contributed by atoms with Crippen LogP contribution in [-0.2, 0) is 6.42 Å². The van der Waals surface area contributed by atoms with E-state index in [-0.39, 0.29) is 0 Å². The number of methoxy groups -OCH3 is 2. The van der Waals surface area contributed by atoms with Crippen LogP contribution in [0.1, 0.15) is 5.56 Å². The molecular formula is C10H11NO2. The number of fused-ring (bicyclic) bond motifs is 1. The fourth-order valence-corrected chi connectivity index (χ4v) is 1.46. The summed E-state index contributed by atoms with van der Waals surface area (Å²) in [6.45, 7) is 0. The van der Waals surface area contributed by atoms with Crippen molar-refractivity contribution in [1.82, 2.24) is 0 Å². The Morgan fingerprint density at radius 1 is 1.23 bits per heavy atom. The van der Waals surface area contributed by atoms with Crippen molar-refractivity contribution >= 4 is 11.9 Å². The summed E-state index contributed by atoms with van der Waals surface area (Å²) in [5.74, 6) is 1.64. The third kappa shape index (κ3) is 1.26. The Balaban J connectivity index is 2.53. The fourth-order valence-electron chi connectivity index (χ4n) is 1.46. The van der Waals surface area contributed by atoms with Crippen molar-refractivity contribution < 1.29 is 9.47 Å². The largest absolute Gasteiger partial charge is 0.497 e. The summed E-state index contributed by atoms with van der Waals surface area (Å²) in [5.41, 5.74) is 2.10. The molecule has 2 rings (SSSR count). The van der Waals surface area contributed by atoms with E-state index in [1.807, 2.05) is 18.3 Å². The molecule has 0 saturated heterocycles. The van der Waals surface area contributed by atoms with Crippen molar-refractivity contribution in [3.8, 4) is 11.5 Å². The summed E-state index contributed by atoms with van der Waals surface area (Å²) < 4.78 is 10.4. The molecule has 0 atom stereocenters. The van der Waals surface area contributed by atoms with Gasteiger partial charge in [-0.05, 0) is 0 Å². The van der Waals surface area contributed by atoms with Crippen LogP contribution in [0.15, 0.2) is 17.1 Å². The lowest BCUT2D eigenvalue weighted by Gasteiger charge is -2.08. The maximum absolute atomic E-state index is 5.24. The standard InChI is InChI=1S/C10H11NO2/c1-12-7-5-9-8(3-4-11-9)10(6-7)13-2/h4-6H,3H2,1-2H3. The fraction of sp³-hybridized carbons (Fsp3) is 0.300. The van der Waals surface area contributed by atoms with E-state index in [0.717, 1.165) is 29.2 Å². The van der Waals surface area contributed by atoms with Crippen LogP contribution in [-0.4, -0.2) is 20.4 Å². The van der Waals surface area contributed by atoms with Crippen LogP contribution in [0.5, 0.6) is 11.5 Å². The predicted molar refractivity (Wildman–Crippen MR) is 51.4 cm³/mol. The molecule has 1 aliphatic heterocycles. The smallest absolute Gasteiger partial charge is 0.128 e. The topological polar surface area (TPSA) is 30.8 Å². The highest BCUT2D eigenvalue weighted by Gasteiger charge is 2.13. The Labute approximate surface area is 77.0 Å². The molecule has 0 bridgehead atoms. The van der Waals surface area contributed by atoms with Gasteiger partial charge < -0.3 is 9.47 Å². The van der Waals surface area contributed by atoms with Gasteiger partial charge in [-0.1, -0.05) is 0 Å². The number of nitrogens with zero attached hydrogens (tertiary/aromatic N) is 1. The van der Waals surface area contributed by atoms with Crippen molar-refractivity contribution in [2.24, 2.45) is 4.99 Å². The van der Waals surface area contributed by atoms with Crippen molar-refractivity contribution in [2.75, 3.05) is 14.2 Å². The van der Waals surface area contributed by atoms with E-state index in [1.165, 1.54) is 0 Å². The SMILES string of the molecule is COc1cc2c(c(OC)c1)CC=N2. The van der Waals surface area contributed by atoms with Gasteiger partial charge in [0.2, 0.25) is 0 Å². The molecule has 3 heteroatoms. The zero-order valence-corrected chi connectivity index (χ0v) is 7.70. The van der Waals surface area contributed by atoms with Crippen molar-refractivity contribution in [2.45, 2.75) is 6.42 Å². The van der Waals surface area contributed by atoms with Gasteiger partial charge in [0.05, 0.1) is 19.9 Å². The Kier molecular flexibility index (Phi) is 1.93. The summed E-state index contributed by atoms with van der Waals surface area (Å²) in [5, 5.41) is 0. The molecule has 0 N–H and O–H groups in total. The van der Waals surface area contributed by atoms with Gasteiger partial charge in [-0.25, -0.2) is 0 Å². The van der Waals surface area contributed by atoms with Gasteiger partial charge >= 0.3 is 0 Å². The lowest BCUT2D eigenvalue weighted by atomic mass is 10.1.